The highest BCUT2D eigenvalue weighted by atomic mass is 35.5. The first-order chi connectivity index (χ1) is 13.6. The molecular formula is C22H29ClN4O. The summed E-state index contributed by atoms with van der Waals surface area (Å²) in [4.78, 5) is 19.7. The molecule has 5 nitrogen and oxygen atoms in total. The molecule has 4 rings (SSSR count). The van der Waals surface area contributed by atoms with Crippen LogP contribution in [-0.2, 0) is 11.3 Å². The summed E-state index contributed by atoms with van der Waals surface area (Å²) in [5, 5.41) is 4.52. The van der Waals surface area contributed by atoms with E-state index < -0.39 is 0 Å². The number of nitrogens with zero attached hydrogens (tertiary/aromatic N) is 2. The van der Waals surface area contributed by atoms with E-state index in [1.807, 2.05) is 24.3 Å². The van der Waals surface area contributed by atoms with Crippen LogP contribution in [0.15, 0.2) is 24.3 Å². The van der Waals surface area contributed by atoms with Crippen LogP contribution in [-0.4, -0.2) is 34.9 Å². The minimum Gasteiger partial charge on any atom is -0.326 e. The largest absolute Gasteiger partial charge is 0.326 e. The predicted octanol–water partition coefficient (Wildman–Crippen LogP) is 4.33. The fourth-order valence-electron chi connectivity index (χ4n) is 4.51. The molecule has 3 N–H and O–H groups in total. The molecule has 0 bridgehead atoms. The Labute approximate surface area is 171 Å². The molecule has 1 amide bonds. The molecule has 1 aliphatic carbocycles. The Balaban J connectivity index is 1.49. The van der Waals surface area contributed by atoms with E-state index in [1.165, 1.54) is 19.3 Å². The van der Waals surface area contributed by atoms with Crippen LogP contribution >= 0.6 is 11.6 Å². The van der Waals surface area contributed by atoms with E-state index in [4.69, 9.17) is 22.3 Å². The molecule has 1 aliphatic heterocycles. The van der Waals surface area contributed by atoms with Gasteiger partial charge < -0.3 is 11.1 Å². The fraction of sp³-hybridized carbons (Fsp3) is 0.545. The summed E-state index contributed by atoms with van der Waals surface area (Å²) < 4.78 is 0. The summed E-state index contributed by atoms with van der Waals surface area (Å²) in [5.74, 6) is 0.551. The number of likely N-dealkylation sites (tertiary alicyclic amines) is 1. The van der Waals surface area contributed by atoms with Crippen LogP contribution in [0.5, 0.6) is 0 Å². The molecule has 1 atom stereocenters. The van der Waals surface area contributed by atoms with Gasteiger partial charge in [0.05, 0.1) is 21.9 Å². The number of hydrogen-bond acceptors (Lipinski definition) is 4. The topological polar surface area (TPSA) is 71.2 Å². The maximum atomic E-state index is 12.6. The third kappa shape index (κ3) is 4.65. The summed E-state index contributed by atoms with van der Waals surface area (Å²) in [5.41, 5.74) is 8.56. The Bertz CT molecular complexity index is 850. The zero-order valence-electron chi connectivity index (χ0n) is 16.3. The third-order valence-electron chi connectivity index (χ3n) is 6.04. The second kappa shape index (κ2) is 8.76. The summed E-state index contributed by atoms with van der Waals surface area (Å²) in [6.45, 7) is 2.74. The van der Waals surface area contributed by atoms with Crippen LogP contribution in [0.3, 0.4) is 0 Å². The van der Waals surface area contributed by atoms with Gasteiger partial charge in [-0.1, -0.05) is 30.9 Å². The number of anilines is 1. The molecule has 1 aromatic heterocycles. The summed E-state index contributed by atoms with van der Waals surface area (Å²) >= 11 is 6.42. The zero-order valence-corrected chi connectivity index (χ0v) is 17.0. The van der Waals surface area contributed by atoms with E-state index in [9.17, 15) is 4.79 Å². The number of amides is 1. The Morgan fingerprint density at radius 2 is 2.00 bits per heavy atom. The minimum absolute atomic E-state index is 0.0523. The highest BCUT2D eigenvalue weighted by Gasteiger charge is 2.21. The van der Waals surface area contributed by atoms with Crippen molar-refractivity contribution in [3.63, 3.8) is 0 Å². The first kappa shape index (κ1) is 19.6. The van der Waals surface area contributed by atoms with Gasteiger partial charge in [-0.05, 0) is 49.4 Å². The standard InChI is InChI=1S/C22H29ClN4O/c23-19-8-9-20-18(7-6-17(25-20)14-27-11-10-16(24)13-27)22(19)26-21(28)12-15-4-2-1-3-5-15/h6-9,15-16H,1-5,10-14,24H2,(H,26,28)/t16-/m0/s1. The molecule has 0 spiro atoms. The van der Waals surface area contributed by atoms with Crippen LogP contribution in [0.1, 0.15) is 50.6 Å². The first-order valence-electron chi connectivity index (χ1n) is 10.4. The summed E-state index contributed by atoms with van der Waals surface area (Å²) in [7, 11) is 0. The number of hydrogen-bond donors (Lipinski definition) is 2. The average molecular weight is 401 g/mol. The lowest BCUT2D eigenvalue weighted by Crippen LogP contribution is -2.26. The Morgan fingerprint density at radius 1 is 1.18 bits per heavy atom. The molecule has 2 fully saturated rings. The monoisotopic (exact) mass is 400 g/mol. The second-order valence-electron chi connectivity index (χ2n) is 8.33. The average Bonchev–Trinajstić information content (AvgIpc) is 3.09. The zero-order chi connectivity index (χ0) is 19.5. The third-order valence-corrected chi connectivity index (χ3v) is 6.35. The van der Waals surface area contributed by atoms with Crippen molar-refractivity contribution in [3.8, 4) is 0 Å². The predicted molar refractivity (Wildman–Crippen MR) is 114 cm³/mol. The Hall–Kier alpha value is -1.69. The highest BCUT2D eigenvalue weighted by molar-refractivity contribution is 6.35. The Kier molecular flexibility index (Phi) is 6.14. The lowest BCUT2D eigenvalue weighted by molar-refractivity contribution is -0.117. The highest BCUT2D eigenvalue weighted by Crippen LogP contribution is 2.32. The van der Waals surface area contributed by atoms with Crippen LogP contribution in [0.4, 0.5) is 5.69 Å². The van der Waals surface area contributed by atoms with Crippen molar-refractivity contribution >= 4 is 34.1 Å². The van der Waals surface area contributed by atoms with Gasteiger partial charge in [0.2, 0.25) is 5.91 Å². The van der Waals surface area contributed by atoms with Gasteiger partial charge >= 0.3 is 0 Å². The van der Waals surface area contributed by atoms with Gasteiger partial charge in [-0.15, -0.1) is 0 Å². The van der Waals surface area contributed by atoms with Crippen molar-refractivity contribution in [2.24, 2.45) is 11.7 Å². The number of aromatic nitrogens is 1. The lowest BCUT2D eigenvalue weighted by atomic mass is 9.87. The van der Waals surface area contributed by atoms with Crippen molar-refractivity contribution in [2.45, 2.75) is 57.5 Å². The van der Waals surface area contributed by atoms with Gasteiger partial charge in [-0.3, -0.25) is 14.7 Å². The quantitative estimate of drug-likeness (QED) is 0.783. The molecule has 2 heterocycles. The van der Waals surface area contributed by atoms with Gasteiger partial charge in [0, 0.05) is 37.5 Å². The lowest BCUT2D eigenvalue weighted by Gasteiger charge is -2.21. The number of nitrogens with two attached hydrogens (primary N) is 1. The van der Waals surface area contributed by atoms with Crippen LogP contribution in [0.2, 0.25) is 5.02 Å². The van der Waals surface area contributed by atoms with Crippen molar-refractivity contribution in [2.75, 3.05) is 18.4 Å². The van der Waals surface area contributed by atoms with E-state index in [2.05, 4.69) is 10.2 Å². The van der Waals surface area contributed by atoms with Gasteiger partial charge in [0.15, 0.2) is 0 Å². The van der Waals surface area contributed by atoms with Crippen LogP contribution in [0, 0.1) is 5.92 Å². The second-order valence-corrected chi connectivity index (χ2v) is 8.74. The molecule has 2 aromatic rings. The van der Waals surface area contributed by atoms with Crippen LogP contribution in [0.25, 0.3) is 10.9 Å². The van der Waals surface area contributed by atoms with Crippen molar-refractivity contribution in [1.29, 1.82) is 0 Å². The van der Waals surface area contributed by atoms with E-state index >= 15 is 0 Å². The van der Waals surface area contributed by atoms with E-state index in [1.54, 1.807) is 0 Å². The van der Waals surface area contributed by atoms with E-state index in [-0.39, 0.29) is 11.9 Å². The number of benzene rings is 1. The number of pyridine rings is 1. The Morgan fingerprint density at radius 3 is 2.75 bits per heavy atom. The maximum absolute atomic E-state index is 12.6. The van der Waals surface area contributed by atoms with Crippen molar-refractivity contribution < 1.29 is 4.79 Å². The molecule has 1 aromatic carbocycles. The molecule has 1 saturated heterocycles. The number of carbonyl (C=O) groups excluding carboxylic acids is 1. The van der Waals surface area contributed by atoms with Gasteiger partial charge in [-0.2, -0.15) is 0 Å². The number of fused-ring (bicyclic) bond motifs is 1. The van der Waals surface area contributed by atoms with E-state index in [0.717, 1.165) is 55.5 Å². The van der Waals surface area contributed by atoms with E-state index in [0.29, 0.717) is 23.0 Å². The summed E-state index contributed by atoms with van der Waals surface area (Å²) in [6.07, 6.45) is 7.70. The van der Waals surface area contributed by atoms with Crippen molar-refractivity contribution in [3.05, 3.63) is 35.0 Å². The van der Waals surface area contributed by atoms with Crippen LogP contribution < -0.4 is 11.1 Å². The first-order valence-corrected chi connectivity index (χ1v) is 10.8. The minimum atomic E-state index is 0.0523. The van der Waals surface area contributed by atoms with Crippen molar-refractivity contribution in [1.82, 2.24) is 9.88 Å². The number of carbonyl (C=O) groups is 1. The van der Waals surface area contributed by atoms with Gasteiger partial charge in [0.25, 0.3) is 0 Å². The SMILES string of the molecule is N[C@H]1CCN(Cc2ccc3c(NC(=O)CC4CCCCC4)c(Cl)ccc3n2)C1. The molecule has 1 saturated carbocycles. The molecule has 28 heavy (non-hydrogen) atoms. The molecule has 0 unspecified atom stereocenters. The summed E-state index contributed by atoms with van der Waals surface area (Å²) in [6, 6.07) is 8.07. The molecular weight excluding hydrogens is 372 g/mol. The smallest absolute Gasteiger partial charge is 0.224 e. The van der Waals surface area contributed by atoms with Gasteiger partial charge in [0.1, 0.15) is 0 Å². The van der Waals surface area contributed by atoms with Gasteiger partial charge in [-0.25, -0.2) is 0 Å². The fourth-order valence-corrected chi connectivity index (χ4v) is 4.73. The number of nitrogens with one attached hydrogen (secondary N) is 1. The maximum Gasteiger partial charge on any atom is 0.224 e. The molecule has 0 radical (unpaired) electrons. The number of halogens is 1. The molecule has 6 heteroatoms. The normalized spacial score (nSPS) is 21.3. The number of rotatable bonds is 5. The molecule has 2 aliphatic rings. The molecule has 150 valence electrons.